The molecule has 5 nitrogen and oxygen atoms in total. The topological polar surface area (TPSA) is 67.2 Å². The third kappa shape index (κ3) is 4.12. The number of aliphatic hydroxyl groups is 1. The molecule has 0 unspecified atom stereocenters. The standard InChI is InChI=1S/C17H22ClN3O2/c1-17(2,3)21-11-13(16(23)19-9-6-10-22)15(20-21)12-7-4-5-8-14(12)18/h4-5,7-8,11,22H,6,9-10H2,1-3H3,(H,19,23). The second-order valence-corrected chi connectivity index (χ2v) is 6.73. The number of aromatic nitrogens is 2. The number of carbonyl (C=O) groups excluding carboxylic acids is 1. The summed E-state index contributed by atoms with van der Waals surface area (Å²) in [4.78, 5) is 12.5. The Kier molecular flexibility index (Phi) is 5.44. The predicted molar refractivity (Wildman–Crippen MR) is 91.7 cm³/mol. The molecule has 0 radical (unpaired) electrons. The van der Waals surface area contributed by atoms with E-state index in [-0.39, 0.29) is 18.1 Å². The number of benzene rings is 1. The molecule has 0 aliphatic carbocycles. The molecule has 1 aromatic carbocycles. The Morgan fingerprint density at radius 3 is 2.65 bits per heavy atom. The molecule has 2 aromatic rings. The number of nitrogens with zero attached hydrogens (tertiary/aromatic N) is 2. The number of aliphatic hydroxyl groups excluding tert-OH is 1. The molecular formula is C17H22ClN3O2. The zero-order valence-electron chi connectivity index (χ0n) is 13.6. The molecule has 0 spiro atoms. The molecule has 2 N–H and O–H groups in total. The van der Waals surface area contributed by atoms with E-state index in [1.807, 2.05) is 39.0 Å². The number of halogens is 1. The summed E-state index contributed by atoms with van der Waals surface area (Å²) in [5.74, 6) is -0.219. The molecular weight excluding hydrogens is 314 g/mol. The quantitative estimate of drug-likeness (QED) is 0.825. The van der Waals surface area contributed by atoms with Crippen LogP contribution in [0.1, 0.15) is 37.6 Å². The Bertz CT molecular complexity index is 689. The fraction of sp³-hybridized carbons (Fsp3) is 0.412. The van der Waals surface area contributed by atoms with Crippen LogP contribution in [0, 0.1) is 0 Å². The first-order valence-corrected chi connectivity index (χ1v) is 7.96. The van der Waals surface area contributed by atoms with Gasteiger partial charge in [0.1, 0.15) is 5.69 Å². The molecule has 0 saturated heterocycles. The van der Waals surface area contributed by atoms with Crippen LogP contribution in [0.25, 0.3) is 11.3 Å². The van der Waals surface area contributed by atoms with Crippen LogP contribution < -0.4 is 5.32 Å². The Morgan fingerprint density at radius 2 is 2.04 bits per heavy atom. The van der Waals surface area contributed by atoms with Gasteiger partial charge in [0.05, 0.1) is 16.1 Å². The van der Waals surface area contributed by atoms with Crippen molar-refractivity contribution >= 4 is 17.5 Å². The van der Waals surface area contributed by atoms with Crippen molar-refractivity contribution < 1.29 is 9.90 Å². The summed E-state index contributed by atoms with van der Waals surface area (Å²) in [5.41, 5.74) is 1.52. The predicted octanol–water partition coefficient (Wildman–Crippen LogP) is 3.07. The SMILES string of the molecule is CC(C)(C)n1cc(C(=O)NCCCO)c(-c2ccccc2Cl)n1. The van der Waals surface area contributed by atoms with Crippen LogP contribution in [0.15, 0.2) is 30.5 Å². The van der Waals surface area contributed by atoms with E-state index in [0.29, 0.717) is 29.2 Å². The Labute approximate surface area is 141 Å². The fourth-order valence-corrected chi connectivity index (χ4v) is 2.34. The maximum atomic E-state index is 12.5. The lowest BCUT2D eigenvalue weighted by Gasteiger charge is -2.18. The zero-order valence-corrected chi connectivity index (χ0v) is 14.4. The smallest absolute Gasteiger partial charge is 0.255 e. The van der Waals surface area contributed by atoms with Crippen molar-refractivity contribution in [1.29, 1.82) is 0 Å². The van der Waals surface area contributed by atoms with Gasteiger partial charge in [-0.3, -0.25) is 9.48 Å². The second-order valence-electron chi connectivity index (χ2n) is 6.32. The summed E-state index contributed by atoms with van der Waals surface area (Å²) in [6.07, 6.45) is 2.26. The van der Waals surface area contributed by atoms with Gasteiger partial charge in [-0.1, -0.05) is 29.8 Å². The van der Waals surface area contributed by atoms with Gasteiger partial charge in [-0.05, 0) is 33.3 Å². The number of nitrogens with one attached hydrogen (secondary N) is 1. The molecule has 0 saturated carbocycles. The van der Waals surface area contributed by atoms with Crippen molar-refractivity contribution in [2.24, 2.45) is 0 Å². The minimum Gasteiger partial charge on any atom is -0.396 e. The first-order valence-electron chi connectivity index (χ1n) is 7.58. The van der Waals surface area contributed by atoms with E-state index in [4.69, 9.17) is 16.7 Å². The molecule has 0 bridgehead atoms. The van der Waals surface area contributed by atoms with E-state index in [2.05, 4.69) is 10.4 Å². The zero-order chi connectivity index (χ0) is 17.0. The maximum Gasteiger partial charge on any atom is 0.255 e. The Hall–Kier alpha value is -1.85. The first-order chi connectivity index (χ1) is 10.8. The summed E-state index contributed by atoms with van der Waals surface area (Å²) < 4.78 is 1.77. The normalized spacial score (nSPS) is 11.5. The lowest BCUT2D eigenvalue weighted by Crippen LogP contribution is -2.25. The molecule has 0 fully saturated rings. The van der Waals surface area contributed by atoms with Crippen molar-refractivity contribution in [1.82, 2.24) is 15.1 Å². The van der Waals surface area contributed by atoms with Crippen molar-refractivity contribution in [3.63, 3.8) is 0 Å². The average Bonchev–Trinajstić information content (AvgIpc) is 2.93. The third-order valence-corrected chi connectivity index (χ3v) is 3.73. The van der Waals surface area contributed by atoms with Gasteiger partial charge >= 0.3 is 0 Å². The molecule has 1 heterocycles. The maximum absolute atomic E-state index is 12.5. The minimum atomic E-state index is -0.250. The number of amides is 1. The van der Waals surface area contributed by atoms with E-state index in [1.54, 1.807) is 16.9 Å². The minimum absolute atomic E-state index is 0.0406. The van der Waals surface area contributed by atoms with Crippen molar-refractivity contribution in [3.8, 4) is 11.3 Å². The Balaban J connectivity index is 2.45. The second kappa shape index (κ2) is 7.15. The number of hydrogen-bond donors (Lipinski definition) is 2. The van der Waals surface area contributed by atoms with Crippen LogP contribution in [-0.2, 0) is 5.54 Å². The van der Waals surface area contributed by atoms with Crippen LogP contribution in [-0.4, -0.2) is 33.9 Å². The van der Waals surface area contributed by atoms with E-state index in [9.17, 15) is 4.79 Å². The van der Waals surface area contributed by atoms with Gasteiger partial charge in [-0.2, -0.15) is 5.10 Å². The van der Waals surface area contributed by atoms with Crippen LogP contribution in [0.4, 0.5) is 0 Å². The van der Waals surface area contributed by atoms with Crippen molar-refractivity contribution in [2.75, 3.05) is 13.2 Å². The summed E-state index contributed by atoms with van der Waals surface area (Å²) in [6.45, 7) is 6.51. The van der Waals surface area contributed by atoms with Crippen LogP contribution in [0.2, 0.25) is 5.02 Å². The highest BCUT2D eigenvalue weighted by molar-refractivity contribution is 6.33. The van der Waals surface area contributed by atoms with Gasteiger partial charge in [0.25, 0.3) is 5.91 Å². The average molecular weight is 336 g/mol. The lowest BCUT2D eigenvalue weighted by molar-refractivity contribution is 0.0951. The highest BCUT2D eigenvalue weighted by Crippen LogP contribution is 2.30. The fourth-order valence-electron chi connectivity index (χ4n) is 2.11. The summed E-state index contributed by atoms with van der Waals surface area (Å²) in [6, 6.07) is 7.33. The van der Waals surface area contributed by atoms with Crippen LogP contribution >= 0.6 is 11.6 Å². The van der Waals surface area contributed by atoms with Gasteiger partial charge in [-0.15, -0.1) is 0 Å². The first kappa shape index (κ1) is 17.5. The van der Waals surface area contributed by atoms with E-state index in [1.165, 1.54) is 0 Å². The monoisotopic (exact) mass is 335 g/mol. The molecule has 1 amide bonds. The molecule has 0 aliphatic heterocycles. The van der Waals surface area contributed by atoms with Gasteiger partial charge in [0.2, 0.25) is 0 Å². The summed E-state index contributed by atoms with van der Waals surface area (Å²) in [5, 5.41) is 16.8. The lowest BCUT2D eigenvalue weighted by atomic mass is 10.1. The number of rotatable bonds is 5. The largest absolute Gasteiger partial charge is 0.396 e. The van der Waals surface area contributed by atoms with Gasteiger partial charge in [-0.25, -0.2) is 0 Å². The highest BCUT2D eigenvalue weighted by Gasteiger charge is 2.23. The number of hydrogen-bond acceptors (Lipinski definition) is 3. The highest BCUT2D eigenvalue weighted by atomic mass is 35.5. The molecule has 6 heteroatoms. The van der Waals surface area contributed by atoms with Gasteiger partial charge in [0.15, 0.2) is 0 Å². The van der Waals surface area contributed by atoms with E-state index >= 15 is 0 Å². The van der Waals surface area contributed by atoms with Gasteiger partial charge in [0, 0.05) is 24.9 Å². The molecule has 0 atom stereocenters. The molecule has 0 aliphatic rings. The molecule has 2 rings (SSSR count). The molecule has 124 valence electrons. The Morgan fingerprint density at radius 1 is 1.35 bits per heavy atom. The van der Waals surface area contributed by atoms with Crippen molar-refractivity contribution in [3.05, 3.63) is 41.0 Å². The van der Waals surface area contributed by atoms with Crippen molar-refractivity contribution in [2.45, 2.75) is 32.7 Å². The molecule has 23 heavy (non-hydrogen) atoms. The summed E-state index contributed by atoms with van der Waals surface area (Å²) in [7, 11) is 0. The summed E-state index contributed by atoms with van der Waals surface area (Å²) >= 11 is 6.27. The van der Waals surface area contributed by atoms with Crippen LogP contribution in [0.5, 0.6) is 0 Å². The third-order valence-electron chi connectivity index (χ3n) is 3.40. The number of carbonyl (C=O) groups is 1. The van der Waals surface area contributed by atoms with E-state index in [0.717, 1.165) is 5.56 Å². The van der Waals surface area contributed by atoms with Crippen LogP contribution in [0.3, 0.4) is 0 Å². The van der Waals surface area contributed by atoms with Gasteiger partial charge < -0.3 is 10.4 Å². The van der Waals surface area contributed by atoms with E-state index < -0.39 is 0 Å². The molecule has 1 aromatic heterocycles.